The molecule has 1 heterocycles. The first-order valence-electron chi connectivity index (χ1n) is 8.53. The van der Waals surface area contributed by atoms with Gasteiger partial charge in [-0.05, 0) is 42.0 Å². The molecule has 0 fully saturated rings. The number of nitrogens with two attached hydrogens (primary N) is 1. The van der Waals surface area contributed by atoms with Crippen LogP contribution in [0.2, 0.25) is 0 Å². The number of hydrogen-bond acceptors (Lipinski definition) is 6. The number of carbonyl (C=O) groups is 2. The Kier molecular flexibility index (Phi) is 5.93. The number of carbonyl (C=O) groups excluding carboxylic acids is 1. The van der Waals surface area contributed by atoms with Crippen LogP contribution in [0.15, 0.2) is 60.9 Å². The van der Waals surface area contributed by atoms with Crippen LogP contribution < -0.4 is 16.4 Å². The van der Waals surface area contributed by atoms with Crippen LogP contribution in [-0.4, -0.2) is 27.0 Å². The van der Waals surface area contributed by atoms with Crippen molar-refractivity contribution in [2.24, 2.45) is 5.73 Å². The van der Waals surface area contributed by atoms with E-state index in [0.717, 1.165) is 11.3 Å². The Hall–Kier alpha value is -3.78. The van der Waals surface area contributed by atoms with E-state index < -0.39 is 5.97 Å². The quantitative estimate of drug-likeness (QED) is 0.497. The van der Waals surface area contributed by atoms with Gasteiger partial charge in [-0.1, -0.05) is 12.1 Å². The number of amides is 1. The van der Waals surface area contributed by atoms with E-state index in [1.165, 1.54) is 18.5 Å². The third kappa shape index (κ3) is 4.89. The molecule has 8 heteroatoms. The van der Waals surface area contributed by atoms with E-state index >= 15 is 0 Å². The molecule has 0 aliphatic rings. The van der Waals surface area contributed by atoms with Crippen molar-refractivity contribution in [3.8, 4) is 0 Å². The summed E-state index contributed by atoms with van der Waals surface area (Å²) in [5.41, 5.74) is 8.39. The maximum absolute atomic E-state index is 12.5. The Bertz CT molecular complexity index is 989. The first kappa shape index (κ1) is 19.0. The van der Waals surface area contributed by atoms with Crippen molar-refractivity contribution in [2.75, 3.05) is 10.6 Å². The first-order chi connectivity index (χ1) is 13.5. The molecule has 8 nitrogen and oxygen atoms in total. The number of anilines is 2. The van der Waals surface area contributed by atoms with Gasteiger partial charge in [-0.2, -0.15) is 0 Å². The number of aromatic carboxylic acids is 1. The lowest BCUT2D eigenvalue weighted by molar-refractivity contribution is 0.0696. The molecule has 0 spiro atoms. The van der Waals surface area contributed by atoms with E-state index in [9.17, 15) is 9.59 Å². The number of carboxylic acids is 1. The number of nitrogens with zero attached hydrogens (tertiary/aromatic N) is 2. The van der Waals surface area contributed by atoms with Gasteiger partial charge < -0.3 is 21.5 Å². The van der Waals surface area contributed by atoms with Crippen molar-refractivity contribution in [1.82, 2.24) is 9.97 Å². The van der Waals surface area contributed by atoms with Crippen LogP contribution in [-0.2, 0) is 13.1 Å². The van der Waals surface area contributed by atoms with Gasteiger partial charge in [-0.15, -0.1) is 0 Å². The molecule has 0 radical (unpaired) electrons. The van der Waals surface area contributed by atoms with Crippen molar-refractivity contribution in [2.45, 2.75) is 13.1 Å². The minimum absolute atomic E-state index is 0.161. The van der Waals surface area contributed by atoms with E-state index in [2.05, 4.69) is 20.6 Å². The number of nitrogens with one attached hydrogen (secondary N) is 2. The monoisotopic (exact) mass is 377 g/mol. The maximum Gasteiger partial charge on any atom is 0.335 e. The molecule has 28 heavy (non-hydrogen) atoms. The molecule has 2 aromatic carbocycles. The minimum atomic E-state index is -1.01. The number of rotatable bonds is 7. The van der Waals surface area contributed by atoms with Crippen molar-refractivity contribution < 1.29 is 14.7 Å². The topological polar surface area (TPSA) is 130 Å². The van der Waals surface area contributed by atoms with Crippen molar-refractivity contribution >= 4 is 23.4 Å². The largest absolute Gasteiger partial charge is 0.478 e. The highest BCUT2D eigenvalue weighted by molar-refractivity contribution is 6.04. The molecule has 0 saturated carbocycles. The predicted octanol–water partition coefficient (Wildman–Crippen LogP) is 2.50. The van der Waals surface area contributed by atoms with Crippen LogP contribution in [0, 0.1) is 0 Å². The summed E-state index contributed by atoms with van der Waals surface area (Å²) in [7, 11) is 0. The second-order valence-electron chi connectivity index (χ2n) is 5.99. The molecule has 142 valence electrons. The number of benzene rings is 2. The molecule has 0 bridgehead atoms. The molecular weight excluding hydrogens is 358 g/mol. The van der Waals surface area contributed by atoms with Crippen LogP contribution in [0.1, 0.15) is 32.0 Å². The summed E-state index contributed by atoms with van der Waals surface area (Å²) < 4.78 is 0. The van der Waals surface area contributed by atoms with Gasteiger partial charge in [0.1, 0.15) is 12.1 Å². The molecule has 1 amide bonds. The van der Waals surface area contributed by atoms with Crippen molar-refractivity contribution in [3.05, 3.63) is 83.3 Å². The fourth-order valence-electron chi connectivity index (χ4n) is 2.52. The zero-order chi connectivity index (χ0) is 19.9. The summed E-state index contributed by atoms with van der Waals surface area (Å²) in [6.45, 7) is 0.815. The summed E-state index contributed by atoms with van der Waals surface area (Å²) in [4.78, 5) is 31.5. The fraction of sp³-hybridized carbons (Fsp3) is 0.100. The molecule has 0 saturated heterocycles. The van der Waals surface area contributed by atoms with Gasteiger partial charge in [0.05, 0.1) is 11.3 Å². The second kappa shape index (κ2) is 8.74. The average Bonchev–Trinajstić information content (AvgIpc) is 2.73. The Morgan fingerprint density at radius 3 is 2.50 bits per heavy atom. The average molecular weight is 377 g/mol. The van der Waals surface area contributed by atoms with E-state index in [-0.39, 0.29) is 11.5 Å². The molecule has 0 aliphatic heterocycles. The summed E-state index contributed by atoms with van der Waals surface area (Å²) in [6, 6.07) is 14.9. The molecule has 0 unspecified atom stereocenters. The maximum atomic E-state index is 12.5. The van der Waals surface area contributed by atoms with E-state index in [1.54, 1.807) is 36.4 Å². The van der Waals surface area contributed by atoms with E-state index in [1.807, 2.05) is 6.07 Å². The zero-order valence-corrected chi connectivity index (χ0v) is 14.9. The molecule has 0 aliphatic carbocycles. The zero-order valence-electron chi connectivity index (χ0n) is 14.9. The summed E-state index contributed by atoms with van der Waals surface area (Å²) in [6.07, 6.45) is 1.45. The highest BCUT2D eigenvalue weighted by Crippen LogP contribution is 2.13. The second-order valence-corrected chi connectivity index (χ2v) is 5.99. The highest BCUT2D eigenvalue weighted by Gasteiger charge is 2.08. The molecular formula is C20H19N5O3. The van der Waals surface area contributed by atoms with Crippen molar-refractivity contribution in [3.63, 3.8) is 0 Å². The molecule has 3 rings (SSSR count). The first-order valence-corrected chi connectivity index (χ1v) is 8.53. The number of aromatic nitrogens is 2. The van der Waals surface area contributed by atoms with Gasteiger partial charge in [0, 0.05) is 30.4 Å². The standard InChI is InChI=1S/C20H19N5O3/c21-10-17-9-18(24-12-23-17)22-11-13-2-1-3-15(8-13)19(26)25-16-6-4-14(5-7-16)20(27)28/h1-9,12H,10-11,21H2,(H,25,26)(H,27,28)(H,22,23,24). The van der Waals surface area contributed by atoms with Crippen LogP contribution in [0.25, 0.3) is 0 Å². The Morgan fingerprint density at radius 2 is 1.79 bits per heavy atom. The smallest absolute Gasteiger partial charge is 0.335 e. The number of carboxylic acid groups (broad SMARTS) is 1. The molecule has 0 atom stereocenters. The van der Waals surface area contributed by atoms with Gasteiger partial charge >= 0.3 is 5.97 Å². The van der Waals surface area contributed by atoms with Crippen LogP contribution in [0.3, 0.4) is 0 Å². The van der Waals surface area contributed by atoms with Gasteiger partial charge in [0.25, 0.3) is 5.91 Å². The predicted molar refractivity (Wildman–Crippen MR) is 105 cm³/mol. The van der Waals surface area contributed by atoms with Crippen LogP contribution >= 0.6 is 0 Å². The lowest BCUT2D eigenvalue weighted by Crippen LogP contribution is -2.13. The van der Waals surface area contributed by atoms with Gasteiger partial charge in [0.15, 0.2) is 0 Å². The summed E-state index contributed by atoms with van der Waals surface area (Å²) >= 11 is 0. The molecule has 1 aromatic heterocycles. The lowest BCUT2D eigenvalue weighted by Gasteiger charge is -2.09. The van der Waals surface area contributed by atoms with Gasteiger partial charge in [-0.3, -0.25) is 4.79 Å². The number of hydrogen-bond donors (Lipinski definition) is 4. The van der Waals surface area contributed by atoms with Crippen LogP contribution in [0.5, 0.6) is 0 Å². The summed E-state index contributed by atoms with van der Waals surface area (Å²) in [5, 5.41) is 14.8. The summed E-state index contributed by atoms with van der Waals surface area (Å²) in [5.74, 6) is -0.637. The minimum Gasteiger partial charge on any atom is -0.478 e. The SMILES string of the molecule is NCc1cc(NCc2cccc(C(=O)Nc3ccc(C(=O)O)cc3)c2)ncn1. The van der Waals surface area contributed by atoms with Crippen LogP contribution in [0.4, 0.5) is 11.5 Å². The fourth-order valence-corrected chi connectivity index (χ4v) is 2.52. The highest BCUT2D eigenvalue weighted by atomic mass is 16.4. The third-order valence-electron chi connectivity index (χ3n) is 3.99. The van der Waals surface area contributed by atoms with Gasteiger partial charge in [-0.25, -0.2) is 14.8 Å². The molecule has 5 N–H and O–H groups in total. The van der Waals surface area contributed by atoms with Crippen molar-refractivity contribution in [1.29, 1.82) is 0 Å². The van der Waals surface area contributed by atoms with E-state index in [0.29, 0.717) is 30.2 Å². The Balaban J connectivity index is 1.64. The molecule has 3 aromatic rings. The Labute approximate surface area is 161 Å². The lowest BCUT2D eigenvalue weighted by atomic mass is 10.1. The van der Waals surface area contributed by atoms with E-state index in [4.69, 9.17) is 10.8 Å². The van der Waals surface area contributed by atoms with Gasteiger partial charge in [0.2, 0.25) is 0 Å². The normalized spacial score (nSPS) is 10.3. The Morgan fingerprint density at radius 1 is 1.00 bits per heavy atom. The third-order valence-corrected chi connectivity index (χ3v) is 3.99.